The van der Waals surface area contributed by atoms with Gasteiger partial charge in [-0.1, -0.05) is 35.5 Å². The highest BCUT2D eigenvalue weighted by Crippen LogP contribution is 2.29. The molecule has 0 spiro atoms. The molecule has 0 aliphatic heterocycles. The Balaban J connectivity index is 1.38. The number of hydrogen-bond donors (Lipinski definition) is 1. The maximum atomic E-state index is 12.3. The summed E-state index contributed by atoms with van der Waals surface area (Å²) in [5, 5.41) is 15.2. The zero-order valence-corrected chi connectivity index (χ0v) is 19.5. The molecule has 32 heavy (non-hydrogen) atoms. The molecule has 0 radical (unpaired) electrons. The molecule has 4 rings (SSSR count). The van der Waals surface area contributed by atoms with Gasteiger partial charge in [-0.05, 0) is 32.0 Å². The van der Waals surface area contributed by atoms with Crippen molar-refractivity contribution < 1.29 is 9.21 Å². The van der Waals surface area contributed by atoms with Gasteiger partial charge in [0.15, 0.2) is 11.0 Å². The SMILES string of the molecule is C=CCn1c(SCc2csc(CC(=O)Nc3ccc(C)cc3)n2)nnc1-c1ccoc1C. The van der Waals surface area contributed by atoms with Gasteiger partial charge in [-0.2, -0.15) is 0 Å². The normalized spacial score (nSPS) is 10.9. The largest absolute Gasteiger partial charge is 0.469 e. The molecule has 0 fully saturated rings. The van der Waals surface area contributed by atoms with Crippen LogP contribution in [-0.4, -0.2) is 25.7 Å². The van der Waals surface area contributed by atoms with Gasteiger partial charge in [0.05, 0.1) is 23.9 Å². The van der Waals surface area contributed by atoms with Crippen molar-refractivity contribution in [1.82, 2.24) is 19.7 Å². The zero-order valence-electron chi connectivity index (χ0n) is 17.9. The van der Waals surface area contributed by atoms with Crippen LogP contribution >= 0.6 is 23.1 Å². The topological polar surface area (TPSA) is 85.8 Å². The summed E-state index contributed by atoms with van der Waals surface area (Å²) in [4.78, 5) is 16.9. The van der Waals surface area contributed by atoms with E-state index in [1.54, 1.807) is 18.0 Å². The highest BCUT2D eigenvalue weighted by molar-refractivity contribution is 7.98. The number of thiazole rings is 1. The van der Waals surface area contributed by atoms with Gasteiger partial charge in [0.2, 0.25) is 5.91 Å². The van der Waals surface area contributed by atoms with Crippen LogP contribution in [0.15, 0.2) is 64.2 Å². The Morgan fingerprint density at radius 1 is 1.25 bits per heavy atom. The highest BCUT2D eigenvalue weighted by Gasteiger charge is 2.17. The predicted molar refractivity (Wildman–Crippen MR) is 128 cm³/mol. The molecule has 4 aromatic rings. The molecule has 0 atom stereocenters. The molecule has 1 amide bonds. The van der Waals surface area contributed by atoms with Crippen LogP contribution in [-0.2, 0) is 23.5 Å². The third-order valence-corrected chi connectivity index (χ3v) is 6.62. The Labute approximate surface area is 194 Å². The van der Waals surface area contributed by atoms with Gasteiger partial charge in [-0.3, -0.25) is 9.36 Å². The number of hydrogen-bond acceptors (Lipinski definition) is 7. The van der Waals surface area contributed by atoms with Crippen LogP contribution in [0.4, 0.5) is 5.69 Å². The van der Waals surface area contributed by atoms with Crippen molar-refractivity contribution in [2.45, 2.75) is 37.7 Å². The van der Waals surface area contributed by atoms with E-state index in [1.165, 1.54) is 11.3 Å². The van der Waals surface area contributed by atoms with E-state index in [-0.39, 0.29) is 12.3 Å². The second-order valence-corrected chi connectivity index (χ2v) is 9.09. The maximum absolute atomic E-state index is 12.3. The van der Waals surface area contributed by atoms with Crippen LogP contribution < -0.4 is 5.32 Å². The van der Waals surface area contributed by atoms with Crippen molar-refractivity contribution in [3.8, 4) is 11.4 Å². The van der Waals surface area contributed by atoms with Crippen molar-refractivity contribution in [2.24, 2.45) is 0 Å². The minimum absolute atomic E-state index is 0.0757. The molecule has 0 bridgehead atoms. The number of thioether (sulfide) groups is 1. The summed E-state index contributed by atoms with van der Waals surface area (Å²) >= 11 is 3.04. The van der Waals surface area contributed by atoms with E-state index in [9.17, 15) is 4.79 Å². The molecule has 0 aliphatic rings. The smallest absolute Gasteiger partial charge is 0.231 e. The number of benzene rings is 1. The second-order valence-electron chi connectivity index (χ2n) is 7.21. The van der Waals surface area contributed by atoms with E-state index >= 15 is 0 Å². The van der Waals surface area contributed by atoms with Crippen LogP contribution in [0.25, 0.3) is 11.4 Å². The van der Waals surface area contributed by atoms with E-state index in [4.69, 9.17) is 4.42 Å². The number of nitrogens with one attached hydrogen (secondary N) is 1. The summed E-state index contributed by atoms with van der Waals surface area (Å²) in [7, 11) is 0. The molecule has 3 heterocycles. The van der Waals surface area contributed by atoms with Gasteiger partial charge >= 0.3 is 0 Å². The lowest BCUT2D eigenvalue weighted by Crippen LogP contribution is -2.14. The second kappa shape index (κ2) is 9.97. The fourth-order valence-electron chi connectivity index (χ4n) is 3.12. The fraction of sp³-hybridized carbons (Fsp3) is 0.217. The van der Waals surface area contributed by atoms with Gasteiger partial charge < -0.3 is 9.73 Å². The van der Waals surface area contributed by atoms with Crippen molar-refractivity contribution in [2.75, 3.05) is 5.32 Å². The molecule has 7 nitrogen and oxygen atoms in total. The number of amides is 1. The fourth-order valence-corrected chi connectivity index (χ4v) is 4.86. The molecule has 0 saturated heterocycles. The lowest BCUT2D eigenvalue weighted by Gasteiger charge is -2.06. The first-order valence-electron chi connectivity index (χ1n) is 10.0. The number of rotatable bonds is 9. The number of anilines is 1. The van der Waals surface area contributed by atoms with Gasteiger partial charge in [0, 0.05) is 23.4 Å². The third kappa shape index (κ3) is 5.17. The quantitative estimate of drug-likeness (QED) is 0.268. The first-order chi connectivity index (χ1) is 15.5. The molecule has 1 N–H and O–H groups in total. The standard InChI is InChI=1S/C23H23N5O2S2/c1-4-10-28-22(19-9-11-30-16(19)3)26-27-23(28)32-14-18-13-31-21(25-18)12-20(29)24-17-7-5-15(2)6-8-17/h4-9,11,13H,1,10,12,14H2,2-3H3,(H,24,29). The van der Waals surface area contributed by atoms with Gasteiger partial charge in [-0.25, -0.2) is 4.98 Å². The number of nitrogens with zero attached hydrogens (tertiary/aromatic N) is 4. The molecular weight excluding hydrogens is 442 g/mol. The van der Waals surface area contributed by atoms with Crippen molar-refractivity contribution in [1.29, 1.82) is 0 Å². The van der Waals surface area contributed by atoms with Crippen LogP contribution in [0.1, 0.15) is 22.0 Å². The van der Waals surface area contributed by atoms with Gasteiger partial charge in [-0.15, -0.1) is 28.1 Å². The average molecular weight is 466 g/mol. The summed E-state index contributed by atoms with van der Waals surface area (Å²) in [5.41, 5.74) is 3.77. The van der Waals surface area contributed by atoms with Crippen molar-refractivity contribution in [3.63, 3.8) is 0 Å². The first kappa shape index (κ1) is 22.0. The first-order valence-corrected chi connectivity index (χ1v) is 11.9. The highest BCUT2D eigenvalue weighted by atomic mass is 32.2. The minimum atomic E-state index is -0.0757. The summed E-state index contributed by atoms with van der Waals surface area (Å²) in [6, 6.07) is 9.63. The van der Waals surface area contributed by atoms with Gasteiger partial charge in [0.25, 0.3) is 0 Å². The summed E-state index contributed by atoms with van der Waals surface area (Å²) < 4.78 is 7.42. The van der Waals surface area contributed by atoms with Crippen LogP contribution in [0, 0.1) is 13.8 Å². The molecule has 1 aromatic carbocycles. The number of aromatic nitrogens is 4. The van der Waals surface area contributed by atoms with E-state index in [0.717, 1.165) is 44.3 Å². The average Bonchev–Trinajstić information content (AvgIpc) is 3.49. The Kier molecular flexibility index (Phi) is 6.87. The monoisotopic (exact) mass is 465 g/mol. The van der Waals surface area contributed by atoms with Gasteiger partial charge in [0.1, 0.15) is 10.8 Å². The Hall–Kier alpha value is -3.17. The molecule has 9 heteroatoms. The predicted octanol–water partition coefficient (Wildman–Crippen LogP) is 5.27. The number of carbonyl (C=O) groups is 1. The molecule has 164 valence electrons. The maximum Gasteiger partial charge on any atom is 0.231 e. The van der Waals surface area contributed by atoms with Crippen LogP contribution in [0.2, 0.25) is 0 Å². The number of allylic oxidation sites excluding steroid dienone is 1. The molecule has 0 saturated carbocycles. The van der Waals surface area contributed by atoms with Crippen LogP contribution in [0.5, 0.6) is 0 Å². The number of carbonyl (C=O) groups excluding carboxylic acids is 1. The van der Waals surface area contributed by atoms with Crippen LogP contribution in [0.3, 0.4) is 0 Å². The van der Waals surface area contributed by atoms with E-state index < -0.39 is 0 Å². The summed E-state index contributed by atoms with van der Waals surface area (Å²) in [6.45, 7) is 8.36. The zero-order chi connectivity index (χ0) is 22.5. The summed E-state index contributed by atoms with van der Waals surface area (Å²) in [6.07, 6.45) is 3.72. The van der Waals surface area contributed by atoms with Crippen molar-refractivity contribution in [3.05, 3.63) is 76.7 Å². The minimum Gasteiger partial charge on any atom is -0.469 e. The van der Waals surface area contributed by atoms with E-state index in [2.05, 4.69) is 27.1 Å². The lowest BCUT2D eigenvalue weighted by atomic mass is 10.2. The molecule has 0 unspecified atom stereocenters. The lowest BCUT2D eigenvalue weighted by molar-refractivity contribution is -0.115. The summed E-state index contributed by atoms with van der Waals surface area (Å²) in [5.74, 6) is 2.11. The van der Waals surface area contributed by atoms with Crippen molar-refractivity contribution >= 4 is 34.7 Å². The Morgan fingerprint density at radius 2 is 2.06 bits per heavy atom. The number of furan rings is 1. The Morgan fingerprint density at radius 3 is 2.78 bits per heavy atom. The Bertz CT molecular complexity index is 1220. The van der Waals surface area contributed by atoms with E-state index in [1.807, 2.05) is 60.2 Å². The third-order valence-electron chi connectivity index (χ3n) is 4.72. The molecule has 3 aromatic heterocycles. The number of aryl methyl sites for hydroxylation is 2. The molecular formula is C23H23N5O2S2. The van der Waals surface area contributed by atoms with E-state index in [0.29, 0.717) is 12.3 Å². The molecule has 0 aliphatic carbocycles.